The van der Waals surface area contributed by atoms with Gasteiger partial charge in [-0.25, -0.2) is 4.79 Å². The summed E-state index contributed by atoms with van der Waals surface area (Å²) in [4.78, 5) is 13.7. The summed E-state index contributed by atoms with van der Waals surface area (Å²) in [5, 5.41) is 10.4. The first-order chi connectivity index (χ1) is 10.0. The van der Waals surface area contributed by atoms with Crippen LogP contribution in [0.15, 0.2) is 18.2 Å². The van der Waals surface area contributed by atoms with Crippen LogP contribution in [0.5, 0.6) is 0 Å². The van der Waals surface area contributed by atoms with E-state index in [2.05, 4.69) is 30.2 Å². The van der Waals surface area contributed by atoms with Gasteiger partial charge in [-0.1, -0.05) is 6.92 Å². The molecule has 1 aromatic heterocycles. The third-order valence-corrected chi connectivity index (χ3v) is 4.48. The van der Waals surface area contributed by atoms with Crippen molar-refractivity contribution in [3.05, 3.63) is 35.0 Å². The number of fused-ring (bicyclic) bond motifs is 3. The van der Waals surface area contributed by atoms with Gasteiger partial charge in [0.15, 0.2) is 0 Å². The van der Waals surface area contributed by atoms with Gasteiger partial charge in [0.05, 0.1) is 5.56 Å². The number of aromatic carboxylic acids is 1. The highest BCUT2D eigenvalue weighted by Gasteiger charge is 2.24. The summed E-state index contributed by atoms with van der Waals surface area (Å²) in [6.45, 7) is 9.60. The molecule has 3 rings (SSSR count). The lowest BCUT2D eigenvalue weighted by Gasteiger charge is -2.27. The van der Waals surface area contributed by atoms with Gasteiger partial charge in [0.1, 0.15) is 0 Å². The maximum absolute atomic E-state index is 11.3. The summed E-state index contributed by atoms with van der Waals surface area (Å²) in [6.07, 6.45) is 1.04. The minimum Gasteiger partial charge on any atom is -0.478 e. The van der Waals surface area contributed by atoms with E-state index in [4.69, 9.17) is 0 Å². The van der Waals surface area contributed by atoms with Crippen molar-refractivity contribution >= 4 is 16.9 Å². The minimum atomic E-state index is -0.855. The van der Waals surface area contributed by atoms with Crippen LogP contribution in [-0.4, -0.2) is 33.6 Å². The Bertz CT molecular complexity index is 700. The van der Waals surface area contributed by atoms with E-state index < -0.39 is 5.97 Å². The highest BCUT2D eigenvalue weighted by Crippen LogP contribution is 2.33. The summed E-state index contributed by atoms with van der Waals surface area (Å²) < 4.78 is 2.38. The number of hydrogen-bond donors (Lipinski definition) is 1. The summed E-state index contributed by atoms with van der Waals surface area (Å²) in [5.41, 5.74) is 4.24. The van der Waals surface area contributed by atoms with Gasteiger partial charge in [0.25, 0.3) is 0 Å². The standard InChI is InChI=1S/C17H22N2O2/c1-4-18-8-7-16-14(10-18)13-9-12(17(20)21)5-6-15(13)19(16)11(2)3/h5-6,9,11H,4,7-8,10H2,1-3H3,(H,20,21). The van der Waals surface area contributed by atoms with Crippen LogP contribution < -0.4 is 0 Å². The zero-order valence-electron chi connectivity index (χ0n) is 12.9. The molecule has 0 atom stereocenters. The number of hydrogen-bond acceptors (Lipinski definition) is 2. The van der Waals surface area contributed by atoms with E-state index in [0.29, 0.717) is 11.6 Å². The topological polar surface area (TPSA) is 45.5 Å². The second-order valence-corrected chi connectivity index (χ2v) is 6.04. The van der Waals surface area contributed by atoms with Crippen LogP contribution in [-0.2, 0) is 13.0 Å². The molecule has 2 heterocycles. The van der Waals surface area contributed by atoms with Gasteiger partial charge in [0, 0.05) is 42.1 Å². The molecule has 4 nitrogen and oxygen atoms in total. The average Bonchev–Trinajstić information content (AvgIpc) is 2.79. The number of carboxylic acid groups (broad SMARTS) is 1. The Morgan fingerprint density at radius 3 is 2.76 bits per heavy atom. The summed E-state index contributed by atoms with van der Waals surface area (Å²) >= 11 is 0. The third-order valence-electron chi connectivity index (χ3n) is 4.48. The van der Waals surface area contributed by atoms with Gasteiger partial charge in [-0.15, -0.1) is 0 Å². The molecule has 1 N–H and O–H groups in total. The maximum atomic E-state index is 11.3. The van der Waals surface area contributed by atoms with Crippen molar-refractivity contribution in [1.82, 2.24) is 9.47 Å². The molecule has 0 unspecified atom stereocenters. The van der Waals surface area contributed by atoms with E-state index in [0.717, 1.165) is 37.0 Å². The lowest BCUT2D eigenvalue weighted by atomic mass is 10.0. The van der Waals surface area contributed by atoms with Gasteiger partial charge in [-0.05, 0) is 44.2 Å². The largest absolute Gasteiger partial charge is 0.478 e. The molecule has 4 heteroatoms. The van der Waals surface area contributed by atoms with Crippen molar-refractivity contribution in [2.75, 3.05) is 13.1 Å². The third kappa shape index (κ3) is 2.23. The van der Waals surface area contributed by atoms with E-state index in [-0.39, 0.29) is 0 Å². The maximum Gasteiger partial charge on any atom is 0.335 e. The van der Waals surface area contributed by atoms with Crippen LogP contribution in [0.1, 0.15) is 48.4 Å². The molecule has 0 aliphatic carbocycles. The molecular formula is C17H22N2O2. The fourth-order valence-electron chi connectivity index (χ4n) is 3.44. The molecule has 0 saturated carbocycles. The molecule has 0 bridgehead atoms. The zero-order chi connectivity index (χ0) is 15.1. The Kier molecular flexibility index (Phi) is 3.49. The number of likely N-dealkylation sites (N-methyl/N-ethyl adjacent to an activating group) is 1. The summed E-state index contributed by atoms with van der Waals surface area (Å²) in [7, 11) is 0. The van der Waals surface area contributed by atoms with Crippen LogP contribution in [0.4, 0.5) is 0 Å². The number of carboxylic acids is 1. The van der Waals surface area contributed by atoms with Crippen molar-refractivity contribution in [2.45, 2.75) is 39.8 Å². The van der Waals surface area contributed by atoms with Crippen molar-refractivity contribution in [3.63, 3.8) is 0 Å². The quantitative estimate of drug-likeness (QED) is 0.941. The fourth-order valence-corrected chi connectivity index (χ4v) is 3.44. The first-order valence-corrected chi connectivity index (χ1v) is 7.64. The summed E-state index contributed by atoms with van der Waals surface area (Å²) in [6, 6.07) is 5.91. The molecule has 1 aliphatic rings. The van der Waals surface area contributed by atoms with Crippen molar-refractivity contribution < 1.29 is 9.90 Å². The van der Waals surface area contributed by atoms with Gasteiger partial charge in [0.2, 0.25) is 0 Å². The highest BCUT2D eigenvalue weighted by atomic mass is 16.4. The fraction of sp³-hybridized carbons (Fsp3) is 0.471. The minimum absolute atomic E-state index is 0.375. The van der Waals surface area contributed by atoms with E-state index in [9.17, 15) is 9.90 Å². The van der Waals surface area contributed by atoms with Gasteiger partial charge in [-0.2, -0.15) is 0 Å². The smallest absolute Gasteiger partial charge is 0.335 e. The molecule has 0 spiro atoms. The first-order valence-electron chi connectivity index (χ1n) is 7.64. The Labute approximate surface area is 125 Å². The number of nitrogens with zero attached hydrogens (tertiary/aromatic N) is 2. The van der Waals surface area contributed by atoms with Crippen LogP contribution in [0, 0.1) is 0 Å². The number of rotatable bonds is 3. The lowest BCUT2D eigenvalue weighted by molar-refractivity contribution is 0.0697. The summed E-state index contributed by atoms with van der Waals surface area (Å²) in [5.74, 6) is -0.855. The van der Waals surface area contributed by atoms with Crippen LogP contribution in [0.3, 0.4) is 0 Å². The Balaban J connectivity index is 2.26. The van der Waals surface area contributed by atoms with E-state index in [1.807, 2.05) is 12.1 Å². The molecule has 2 aromatic rings. The number of aromatic nitrogens is 1. The van der Waals surface area contributed by atoms with Crippen LogP contribution in [0.25, 0.3) is 10.9 Å². The SMILES string of the molecule is CCN1CCc2c(c3cc(C(=O)O)ccc3n2C(C)C)C1. The molecule has 0 saturated heterocycles. The Morgan fingerprint density at radius 1 is 1.38 bits per heavy atom. The first kappa shape index (κ1) is 14.1. The predicted octanol–water partition coefficient (Wildman–Crippen LogP) is 3.30. The highest BCUT2D eigenvalue weighted by molar-refractivity contribution is 5.95. The predicted molar refractivity (Wildman–Crippen MR) is 83.9 cm³/mol. The number of benzene rings is 1. The lowest BCUT2D eigenvalue weighted by Crippen LogP contribution is -2.31. The van der Waals surface area contributed by atoms with Crippen LogP contribution in [0.2, 0.25) is 0 Å². The molecule has 1 aliphatic heterocycles. The zero-order valence-corrected chi connectivity index (χ0v) is 12.9. The number of carbonyl (C=O) groups is 1. The molecule has 0 amide bonds. The molecule has 112 valence electrons. The molecule has 1 aromatic carbocycles. The van der Waals surface area contributed by atoms with E-state index in [1.54, 1.807) is 6.07 Å². The van der Waals surface area contributed by atoms with Crippen molar-refractivity contribution in [1.29, 1.82) is 0 Å². The van der Waals surface area contributed by atoms with Crippen molar-refractivity contribution in [2.24, 2.45) is 0 Å². The van der Waals surface area contributed by atoms with Gasteiger partial charge in [-0.3, -0.25) is 4.90 Å². The normalized spacial score (nSPS) is 15.6. The monoisotopic (exact) mass is 286 g/mol. The second kappa shape index (κ2) is 5.19. The Hall–Kier alpha value is -1.81. The van der Waals surface area contributed by atoms with Gasteiger partial charge >= 0.3 is 5.97 Å². The van der Waals surface area contributed by atoms with E-state index in [1.165, 1.54) is 11.3 Å². The second-order valence-electron chi connectivity index (χ2n) is 6.04. The average molecular weight is 286 g/mol. The van der Waals surface area contributed by atoms with Crippen LogP contribution >= 0.6 is 0 Å². The molecule has 0 fully saturated rings. The Morgan fingerprint density at radius 2 is 2.14 bits per heavy atom. The molecular weight excluding hydrogens is 264 g/mol. The van der Waals surface area contributed by atoms with Gasteiger partial charge < -0.3 is 9.67 Å². The van der Waals surface area contributed by atoms with E-state index >= 15 is 0 Å². The molecule has 0 radical (unpaired) electrons. The van der Waals surface area contributed by atoms with Crippen molar-refractivity contribution in [3.8, 4) is 0 Å². The molecule has 21 heavy (non-hydrogen) atoms.